The van der Waals surface area contributed by atoms with E-state index in [-0.39, 0.29) is 5.69 Å². The highest BCUT2D eigenvalue weighted by Gasteiger charge is 2.19. The van der Waals surface area contributed by atoms with E-state index < -0.39 is 17.6 Å². The third-order valence-electron chi connectivity index (χ3n) is 1.74. The third-order valence-corrected chi connectivity index (χ3v) is 1.74. The average molecular weight is 195 g/mol. The number of nitrogens with two attached hydrogens (primary N) is 1. The van der Waals surface area contributed by atoms with Gasteiger partial charge in [0.1, 0.15) is 0 Å². The Morgan fingerprint density at radius 3 is 1.93 bits per heavy atom. The molecule has 1 aromatic heterocycles. The van der Waals surface area contributed by atoms with E-state index >= 15 is 0 Å². The summed E-state index contributed by atoms with van der Waals surface area (Å²) in [5, 5.41) is 8.72. The maximum Gasteiger partial charge on any atom is 0.356 e. The Morgan fingerprint density at radius 1 is 1.14 bits per heavy atom. The first-order valence-corrected chi connectivity index (χ1v) is 3.81. The molecule has 1 rings (SSSR count). The molecule has 1 aromatic rings. The molecule has 14 heavy (non-hydrogen) atoms. The van der Waals surface area contributed by atoms with Crippen molar-refractivity contribution in [2.45, 2.75) is 13.8 Å². The van der Waals surface area contributed by atoms with Gasteiger partial charge in [0.2, 0.25) is 0 Å². The zero-order valence-corrected chi connectivity index (χ0v) is 7.74. The van der Waals surface area contributed by atoms with Gasteiger partial charge in [0.25, 0.3) is 5.91 Å². The number of hydrogen-bond acceptors (Lipinski definition) is 4. The third kappa shape index (κ3) is 1.68. The van der Waals surface area contributed by atoms with Crippen molar-refractivity contribution in [1.29, 1.82) is 0 Å². The Hall–Kier alpha value is -1.98. The van der Waals surface area contributed by atoms with Gasteiger partial charge in [-0.25, -0.2) is 14.8 Å². The Balaban J connectivity index is 3.46. The zero-order chi connectivity index (χ0) is 10.9. The lowest BCUT2D eigenvalue weighted by molar-refractivity contribution is 0.0684. The molecule has 3 N–H and O–H groups in total. The molecule has 0 aliphatic rings. The molecule has 74 valence electrons. The lowest BCUT2D eigenvalue weighted by Crippen LogP contribution is -2.21. The van der Waals surface area contributed by atoms with Crippen LogP contribution in [0, 0.1) is 13.8 Å². The quantitative estimate of drug-likeness (QED) is 0.684. The van der Waals surface area contributed by atoms with Crippen LogP contribution in [0.3, 0.4) is 0 Å². The summed E-state index contributed by atoms with van der Waals surface area (Å²) in [6.45, 7) is 3.24. The minimum atomic E-state index is -1.31. The van der Waals surface area contributed by atoms with Crippen molar-refractivity contribution in [3.63, 3.8) is 0 Å². The number of carbonyl (C=O) groups excluding carboxylic acids is 1. The van der Waals surface area contributed by atoms with Crippen LogP contribution >= 0.6 is 0 Å². The predicted octanol–water partition coefficient (Wildman–Crippen LogP) is -0.109. The Morgan fingerprint density at radius 2 is 1.57 bits per heavy atom. The summed E-state index contributed by atoms with van der Waals surface area (Å²) in [4.78, 5) is 29.0. The van der Waals surface area contributed by atoms with Gasteiger partial charge < -0.3 is 10.8 Å². The van der Waals surface area contributed by atoms with Crippen LogP contribution in [0.15, 0.2) is 0 Å². The van der Waals surface area contributed by atoms with Gasteiger partial charge in [0.05, 0.1) is 11.4 Å². The molecule has 6 nitrogen and oxygen atoms in total. The molecule has 0 spiro atoms. The molecule has 0 saturated carbocycles. The van der Waals surface area contributed by atoms with Gasteiger partial charge in [-0.15, -0.1) is 0 Å². The van der Waals surface area contributed by atoms with Gasteiger partial charge in [0, 0.05) is 0 Å². The van der Waals surface area contributed by atoms with Crippen molar-refractivity contribution >= 4 is 11.9 Å². The molecule has 0 radical (unpaired) electrons. The summed E-state index contributed by atoms with van der Waals surface area (Å²) in [5.41, 5.74) is 5.21. The maximum atomic E-state index is 10.8. The van der Waals surface area contributed by atoms with Gasteiger partial charge in [0.15, 0.2) is 11.4 Å². The minimum absolute atomic E-state index is 0.305. The van der Waals surface area contributed by atoms with Crippen LogP contribution in [0.25, 0.3) is 0 Å². The van der Waals surface area contributed by atoms with Crippen molar-refractivity contribution in [3.8, 4) is 0 Å². The predicted molar refractivity (Wildman–Crippen MR) is 47.0 cm³/mol. The summed E-state index contributed by atoms with van der Waals surface area (Å²) in [6, 6.07) is 0. The Bertz CT molecular complexity index is 376. The smallest absolute Gasteiger partial charge is 0.356 e. The lowest BCUT2D eigenvalue weighted by Gasteiger charge is -2.04. The van der Waals surface area contributed by atoms with E-state index in [2.05, 4.69) is 9.97 Å². The average Bonchev–Trinajstić information content (AvgIpc) is 2.08. The zero-order valence-electron chi connectivity index (χ0n) is 7.74. The topological polar surface area (TPSA) is 106 Å². The van der Waals surface area contributed by atoms with E-state index in [1.807, 2.05) is 0 Å². The lowest BCUT2D eigenvalue weighted by atomic mass is 10.2. The number of carbonyl (C=O) groups is 2. The molecule has 0 bridgehead atoms. The molecule has 1 amide bonds. The van der Waals surface area contributed by atoms with Gasteiger partial charge >= 0.3 is 5.97 Å². The van der Waals surface area contributed by atoms with Gasteiger partial charge in [-0.05, 0) is 13.8 Å². The molecular weight excluding hydrogens is 186 g/mol. The number of aromatic nitrogens is 2. The van der Waals surface area contributed by atoms with Crippen molar-refractivity contribution in [1.82, 2.24) is 9.97 Å². The van der Waals surface area contributed by atoms with E-state index in [4.69, 9.17) is 10.8 Å². The molecule has 0 aliphatic carbocycles. The van der Waals surface area contributed by atoms with Crippen LogP contribution in [-0.4, -0.2) is 27.0 Å². The fourth-order valence-electron chi connectivity index (χ4n) is 0.924. The molecule has 0 aromatic carbocycles. The number of carboxylic acids is 1. The summed E-state index contributed by atoms with van der Waals surface area (Å²) < 4.78 is 0. The first-order chi connectivity index (χ1) is 6.43. The van der Waals surface area contributed by atoms with Crippen LogP contribution in [0.5, 0.6) is 0 Å². The highest BCUT2D eigenvalue weighted by Crippen LogP contribution is 2.07. The Labute approximate surface area is 79.8 Å². The summed E-state index contributed by atoms with van der Waals surface area (Å²) in [5.74, 6) is -2.20. The fourth-order valence-corrected chi connectivity index (χ4v) is 0.924. The second-order valence-corrected chi connectivity index (χ2v) is 2.76. The second-order valence-electron chi connectivity index (χ2n) is 2.76. The standard InChI is InChI=1S/C8H9N3O3/c1-3-4(2)11-6(8(13)14)5(10-3)7(9)12/h1-2H3,(H2,9,12)(H,13,14). The number of amides is 1. The molecule has 1 heterocycles. The number of primary amides is 1. The summed E-state index contributed by atoms with van der Waals surface area (Å²) in [7, 11) is 0. The summed E-state index contributed by atoms with van der Waals surface area (Å²) >= 11 is 0. The van der Waals surface area contributed by atoms with E-state index in [0.29, 0.717) is 11.4 Å². The van der Waals surface area contributed by atoms with Crippen LogP contribution < -0.4 is 5.73 Å². The molecule has 0 aliphatic heterocycles. The van der Waals surface area contributed by atoms with Gasteiger partial charge in [-0.2, -0.15) is 0 Å². The van der Waals surface area contributed by atoms with E-state index in [0.717, 1.165) is 0 Å². The number of rotatable bonds is 2. The molecule has 0 saturated heterocycles. The highest BCUT2D eigenvalue weighted by atomic mass is 16.4. The highest BCUT2D eigenvalue weighted by molar-refractivity contribution is 6.01. The maximum absolute atomic E-state index is 10.8. The van der Waals surface area contributed by atoms with Gasteiger partial charge in [-0.1, -0.05) is 0 Å². The number of hydrogen-bond donors (Lipinski definition) is 2. The molecular formula is C8H9N3O3. The van der Waals surface area contributed by atoms with Gasteiger partial charge in [-0.3, -0.25) is 4.79 Å². The number of nitrogens with zero attached hydrogens (tertiary/aromatic N) is 2. The SMILES string of the molecule is Cc1nc(C(N)=O)c(C(=O)O)nc1C. The molecule has 0 fully saturated rings. The normalized spacial score (nSPS) is 9.86. The first-order valence-electron chi connectivity index (χ1n) is 3.81. The molecule has 0 atom stereocenters. The minimum Gasteiger partial charge on any atom is -0.476 e. The van der Waals surface area contributed by atoms with E-state index in [1.54, 1.807) is 13.8 Å². The summed E-state index contributed by atoms with van der Waals surface area (Å²) in [6.07, 6.45) is 0. The number of aromatic carboxylic acids is 1. The van der Waals surface area contributed by atoms with Crippen LogP contribution in [0.4, 0.5) is 0 Å². The van der Waals surface area contributed by atoms with Crippen molar-refractivity contribution < 1.29 is 14.7 Å². The monoisotopic (exact) mass is 195 g/mol. The largest absolute Gasteiger partial charge is 0.476 e. The number of carboxylic acid groups (broad SMARTS) is 1. The number of aryl methyl sites for hydroxylation is 2. The van der Waals surface area contributed by atoms with Crippen LogP contribution in [0.1, 0.15) is 32.4 Å². The first kappa shape index (κ1) is 10.1. The van der Waals surface area contributed by atoms with Crippen molar-refractivity contribution in [2.24, 2.45) is 5.73 Å². The van der Waals surface area contributed by atoms with Crippen molar-refractivity contribution in [2.75, 3.05) is 0 Å². The van der Waals surface area contributed by atoms with E-state index in [1.165, 1.54) is 0 Å². The van der Waals surface area contributed by atoms with Crippen LogP contribution in [-0.2, 0) is 0 Å². The second kappa shape index (κ2) is 3.41. The van der Waals surface area contributed by atoms with Crippen LogP contribution in [0.2, 0.25) is 0 Å². The Kier molecular flexibility index (Phi) is 2.46. The molecule has 6 heteroatoms. The fraction of sp³-hybridized carbons (Fsp3) is 0.250. The molecule has 0 unspecified atom stereocenters. The van der Waals surface area contributed by atoms with E-state index in [9.17, 15) is 9.59 Å². The van der Waals surface area contributed by atoms with Crippen molar-refractivity contribution in [3.05, 3.63) is 22.8 Å².